The van der Waals surface area contributed by atoms with Crippen LogP contribution in [0.5, 0.6) is 0 Å². The lowest BCUT2D eigenvalue weighted by atomic mass is 10.1. The Hall–Kier alpha value is -1.89. The quantitative estimate of drug-likeness (QED) is 0.620. The van der Waals surface area contributed by atoms with E-state index in [0.717, 1.165) is 29.3 Å². The number of benzene rings is 1. The van der Waals surface area contributed by atoms with Crippen LogP contribution in [0.4, 0.5) is 0 Å². The Bertz CT molecular complexity index is 607. The monoisotopic (exact) mass is 290 g/mol. The minimum absolute atomic E-state index is 0.318. The molecule has 0 saturated heterocycles. The van der Waals surface area contributed by atoms with Crippen LogP contribution in [0.1, 0.15) is 34.8 Å². The molecule has 20 heavy (non-hydrogen) atoms. The summed E-state index contributed by atoms with van der Waals surface area (Å²) in [4.78, 5) is 11.3. The van der Waals surface area contributed by atoms with Gasteiger partial charge in [-0.05, 0) is 41.0 Å². The first-order chi connectivity index (χ1) is 9.78. The topological polar surface area (TPSA) is 69.9 Å². The number of hydrogen-bond donors (Lipinski definition) is 0. The van der Waals surface area contributed by atoms with E-state index in [0.29, 0.717) is 11.6 Å². The minimum atomic E-state index is -0.318. The van der Waals surface area contributed by atoms with Crippen molar-refractivity contribution in [2.45, 2.75) is 29.8 Å². The largest absolute Gasteiger partial charge is 0.465 e. The Labute approximate surface area is 120 Å². The summed E-state index contributed by atoms with van der Waals surface area (Å²) in [6.45, 7) is 0. The second-order valence-electron chi connectivity index (χ2n) is 4.61. The second-order valence-corrected chi connectivity index (χ2v) is 5.56. The van der Waals surface area contributed by atoms with Crippen molar-refractivity contribution in [3.05, 3.63) is 35.4 Å². The zero-order valence-corrected chi connectivity index (χ0v) is 11.8. The summed E-state index contributed by atoms with van der Waals surface area (Å²) >= 11 is 1.61. The fourth-order valence-corrected chi connectivity index (χ4v) is 2.73. The fourth-order valence-electron chi connectivity index (χ4n) is 1.83. The highest BCUT2D eigenvalue weighted by Gasteiger charge is 2.27. The van der Waals surface area contributed by atoms with Gasteiger partial charge in [-0.3, -0.25) is 0 Å². The van der Waals surface area contributed by atoms with Gasteiger partial charge >= 0.3 is 5.97 Å². The molecular formula is C13H14N4O2S. The molecule has 1 saturated carbocycles. The number of ether oxygens (including phenoxy) is 1. The maximum absolute atomic E-state index is 11.3. The van der Waals surface area contributed by atoms with E-state index >= 15 is 0 Å². The molecule has 0 amide bonds. The third kappa shape index (κ3) is 2.82. The van der Waals surface area contributed by atoms with Crippen molar-refractivity contribution < 1.29 is 9.53 Å². The SMILES string of the molecule is COC(=O)c1ccc(CSc2nnnn2C2CC2)cc1. The number of aromatic nitrogens is 4. The third-order valence-electron chi connectivity index (χ3n) is 3.10. The first kappa shape index (κ1) is 13.1. The van der Waals surface area contributed by atoms with E-state index in [4.69, 9.17) is 0 Å². The highest BCUT2D eigenvalue weighted by Crippen LogP contribution is 2.36. The minimum Gasteiger partial charge on any atom is -0.465 e. The molecule has 2 aromatic rings. The molecule has 104 valence electrons. The summed E-state index contributed by atoms with van der Waals surface area (Å²) < 4.78 is 6.57. The molecule has 0 bridgehead atoms. The predicted octanol–water partition coefficient (Wildman–Crippen LogP) is 2.09. The maximum atomic E-state index is 11.3. The molecule has 1 aromatic heterocycles. The standard InChI is InChI=1S/C13H14N4O2S/c1-19-12(18)10-4-2-9(3-5-10)8-20-13-14-15-16-17(13)11-6-7-11/h2-5,11H,6-8H2,1H3. The van der Waals surface area contributed by atoms with Gasteiger partial charge in [0, 0.05) is 5.75 Å². The van der Waals surface area contributed by atoms with Crippen LogP contribution in [0, 0.1) is 0 Å². The normalized spacial score (nSPS) is 14.2. The lowest BCUT2D eigenvalue weighted by Crippen LogP contribution is -2.01. The van der Waals surface area contributed by atoms with Crippen LogP contribution in [-0.2, 0) is 10.5 Å². The van der Waals surface area contributed by atoms with Crippen molar-refractivity contribution in [3.8, 4) is 0 Å². The van der Waals surface area contributed by atoms with Gasteiger partial charge in [-0.15, -0.1) is 5.10 Å². The summed E-state index contributed by atoms with van der Waals surface area (Å²) in [5.41, 5.74) is 1.68. The van der Waals surface area contributed by atoms with E-state index in [-0.39, 0.29) is 5.97 Å². The van der Waals surface area contributed by atoms with Gasteiger partial charge in [0.25, 0.3) is 0 Å². The number of tetrazole rings is 1. The molecule has 1 fully saturated rings. The first-order valence-corrected chi connectivity index (χ1v) is 7.34. The Balaban J connectivity index is 1.63. The van der Waals surface area contributed by atoms with Crippen LogP contribution in [-0.4, -0.2) is 33.3 Å². The lowest BCUT2D eigenvalue weighted by molar-refractivity contribution is 0.0600. The van der Waals surface area contributed by atoms with Gasteiger partial charge < -0.3 is 4.74 Å². The van der Waals surface area contributed by atoms with Crippen molar-refractivity contribution in [3.63, 3.8) is 0 Å². The number of hydrogen-bond acceptors (Lipinski definition) is 6. The lowest BCUT2D eigenvalue weighted by Gasteiger charge is -2.03. The van der Waals surface area contributed by atoms with E-state index < -0.39 is 0 Å². The molecule has 0 aliphatic heterocycles. The summed E-state index contributed by atoms with van der Waals surface area (Å²) in [5, 5.41) is 12.6. The number of rotatable bonds is 5. The number of esters is 1. The van der Waals surface area contributed by atoms with Gasteiger partial charge in [-0.25, -0.2) is 9.48 Å². The van der Waals surface area contributed by atoms with E-state index in [2.05, 4.69) is 20.3 Å². The van der Waals surface area contributed by atoms with Gasteiger partial charge in [-0.2, -0.15) is 0 Å². The molecule has 0 N–H and O–H groups in total. The zero-order valence-electron chi connectivity index (χ0n) is 11.0. The molecule has 7 heteroatoms. The third-order valence-corrected chi connectivity index (χ3v) is 4.10. The van der Waals surface area contributed by atoms with E-state index in [1.807, 2.05) is 16.8 Å². The molecule has 0 radical (unpaired) electrons. The molecule has 0 unspecified atom stereocenters. The van der Waals surface area contributed by atoms with Gasteiger partial charge in [0.05, 0.1) is 18.7 Å². The molecule has 0 atom stereocenters. The van der Waals surface area contributed by atoms with Crippen LogP contribution in [0.3, 0.4) is 0 Å². The highest BCUT2D eigenvalue weighted by atomic mass is 32.2. The van der Waals surface area contributed by atoms with Crippen molar-refractivity contribution in [1.82, 2.24) is 20.2 Å². The Morgan fingerprint density at radius 3 is 2.80 bits per heavy atom. The van der Waals surface area contributed by atoms with Crippen molar-refractivity contribution in [2.75, 3.05) is 7.11 Å². The number of carbonyl (C=O) groups excluding carboxylic acids is 1. The Morgan fingerprint density at radius 1 is 1.40 bits per heavy atom. The molecular weight excluding hydrogens is 276 g/mol. The molecule has 3 rings (SSSR count). The number of nitrogens with zero attached hydrogens (tertiary/aromatic N) is 4. The molecule has 1 aromatic carbocycles. The molecule has 1 aliphatic carbocycles. The summed E-state index contributed by atoms with van der Waals surface area (Å²) in [7, 11) is 1.38. The maximum Gasteiger partial charge on any atom is 0.337 e. The Kier molecular flexibility index (Phi) is 3.68. The molecule has 0 spiro atoms. The van der Waals surface area contributed by atoms with E-state index in [9.17, 15) is 4.79 Å². The Morgan fingerprint density at radius 2 is 2.15 bits per heavy atom. The highest BCUT2D eigenvalue weighted by molar-refractivity contribution is 7.98. The average molecular weight is 290 g/mol. The van der Waals surface area contributed by atoms with Crippen molar-refractivity contribution in [1.29, 1.82) is 0 Å². The smallest absolute Gasteiger partial charge is 0.337 e. The van der Waals surface area contributed by atoms with Gasteiger partial charge in [0.1, 0.15) is 0 Å². The van der Waals surface area contributed by atoms with E-state index in [1.165, 1.54) is 7.11 Å². The summed E-state index contributed by atoms with van der Waals surface area (Å²) in [6.07, 6.45) is 2.32. The molecule has 6 nitrogen and oxygen atoms in total. The van der Waals surface area contributed by atoms with Gasteiger partial charge in [-0.1, -0.05) is 23.9 Å². The van der Waals surface area contributed by atoms with Crippen molar-refractivity contribution in [2.24, 2.45) is 0 Å². The number of thioether (sulfide) groups is 1. The van der Waals surface area contributed by atoms with Crippen molar-refractivity contribution >= 4 is 17.7 Å². The van der Waals surface area contributed by atoms with Crippen LogP contribution < -0.4 is 0 Å². The van der Waals surface area contributed by atoms with Crippen LogP contribution >= 0.6 is 11.8 Å². The van der Waals surface area contributed by atoms with Crippen LogP contribution in [0.2, 0.25) is 0 Å². The van der Waals surface area contributed by atoms with Gasteiger partial charge in [0.2, 0.25) is 5.16 Å². The average Bonchev–Trinajstić information content (AvgIpc) is 3.23. The fraction of sp³-hybridized carbons (Fsp3) is 0.385. The summed E-state index contributed by atoms with van der Waals surface area (Å²) in [6, 6.07) is 7.86. The van der Waals surface area contributed by atoms with Gasteiger partial charge in [0.15, 0.2) is 0 Å². The predicted molar refractivity (Wildman–Crippen MR) is 73.4 cm³/mol. The number of carbonyl (C=O) groups is 1. The zero-order chi connectivity index (χ0) is 13.9. The molecule has 1 heterocycles. The second kappa shape index (κ2) is 5.62. The number of methoxy groups -OCH3 is 1. The van der Waals surface area contributed by atoms with Crippen LogP contribution in [0.15, 0.2) is 29.4 Å². The first-order valence-electron chi connectivity index (χ1n) is 6.36. The molecule has 1 aliphatic rings. The van der Waals surface area contributed by atoms with E-state index in [1.54, 1.807) is 23.9 Å². The summed E-state index contributed by atoms with van der Waals surface area (Å²) in [5.74, 6) is 0.455. The van der Waals surface area contributed by atoms with Crippen LogP contribution in [0.25, 0.3) is 0 Å².